The number of pyridine rings is 1. The van der Waals surface area contributed by atoms with Gasteiger partial charge in [-0.1, -0.05) is 0 Å². The fourth-order valence-electron chi connectivity index (χ4n) is 1.05. The summed E-state index contributed by atoms with van der Waals surface area (Å²) in [6, 6.07) is 4.08. The number of rotatable bonds is 1. The summed E-state index contributed by atoms with van der Waals surface area (Å²) in [4.78, 5) is 4.18. The number of thiophene rings is 1. The maximum Gasteiger partial charge on any atom is 0.0729 e. The minimum atomic E-state index is 0.498. The van der Waals surface area contributed by atoms with Crippen LogP contribution in [0.15, 0.2) is 23.7 Å². The molecule has 0 aliphatic heterocycles. The van der Waals surface area contributed by atoms with Crippen LogP contribution in [0.1, 0.15) is 5.69 Å². The topological polar surface area (TPSA) is 12.9 Å². The standard InChI is InChI=1S/C8H6ClNS/c9-5-7-8-6(1-3-10-7)2-4-11-8/h1-4H,5H2. The third-order valence-electron chi connectivity index (χ3n) is 1.57. The van der Waals surface area contributed by atoms with E-state index in [1.807, 2.05) is 6.07 Å². The highest BCUT2D eigenvalue weighted by atomic mass is 35.5. The Labute approximate surface area is 73.6 Å². The fraction of sp³-hybridized carbons (Fsp3) is 0.125. The zero-order valence-corrected chi connectivity index (χ0v) is 7.32. The lowest BCUT2D eigenvalue weighted by Gasteiger charge is -1.94. The van der Waals surface area contributed by atoms with Gasteiger partial charge in [0.25, 0.3) is 0 Å². The van der Waals surface area contributed by atoms with Crippen molar-refractivity contribution in [2.75, 3.05) is 0 Å². The molecule has 0 aliphatic carbocycles. The van der Waals surface area contributed by atoms with Gasteiger partial charge in [-0.15, -0.1) is 22.9 Å². The summed E-state index contributed by atoms with van der Waals surface area (Å²) in [5.41, 5.74) is 0.985. The van der Waals surface area contributed by atoms with Gasteiger partial charge in [0.15, 0.2) is 0 Å². The SMILES string of the molecule is ClCc1nccc2ccsc12. The third-order valence-corrected chi connectivity index (χ3v) is 2.80. The van der Waals surface area contributed by atoms with Gasteiger partial charge in [-0.2, -0.15) is 0 Å². The lowest BCUT2D eigenvalue weighted by atomic mass is 10.3. The smallest absolute Gasteiger partial charge is 0.0729 e. The molecular formula is C8H6ClNS. The molecular weight excluding hydrogens is 178 g/mol. The zero-order valence-electron chi connectivity index (χ0n) is 5.75. The van der Waals surface area contributed by atoms with Crippen molar-refractivity contribution in [1.82, 2.24) is 4.98 Å². The molecule has 0 unspecified atom stereocenters. The molecule has 3 heteroatoms. The van der Waals surface area contributed by atoms with E-state index in [9.17, 15) is 0 Å². The van der Waals surface area contributed by atoms with Crippen LogP contribution in [-0.2, 0) is 5.88 Å². The molecule has 0 aromatic carbocycles. The van der Waals surface area contributed by atoms with Crippen LogP contribution in [0.3, 0.4) is 0 Å². The van der Waals surface area contributed by atoms with E-state index in [1.54, 1.807) is 17.5 Å². The Bertz CT molecular complexity index is 369. The number of halogens is 1. The Balaban J connectivity index is 2.79. The summed E-state index contributed by atoms with van der Waals surface area (Å²) in [6.07, 6.45) is 1.80. The van der Waals surface area contributed by atoms with Crippen molar-refractivity contribution in [3.63, 3.8) is 0 Å². The number of aromatic nitrogens is 1. The van der Waals surface area contributed by atoms with Crippen molar-refractivity contribution in [1.29, 1.82) is 0 Å². The predicted octanol–water partition coefficient (Wildman–Crippen LogP) is 3.04. The van der Waals surface area contributed by atoms with Gasteiger partial charge in [-0.25, -0.2) is 0 Å². The number of hydrogen-bond acceptors (Lipinski definition) is 2. The summed E-state index contributed by atoms with van der Waals surface area (Å²) < 4.78 is 1.21. The Morgan fingerprint density at radius 3 is 3.18 bits per heavy atom. The van der Waals surface area contributed by atoms with Gasteiger partial charge in [0.2, 0.25) is 0 Å². The van der Waals surface area contributed by atoms with E-state index in [0.29, 0.717) is 5.88 Å². The molecule has 0 bridgehead atoms. The largest absolute Gasteiger partial charge is 0.259 e. The van der Waals surface area contributed by atoms with E-state index >= 15 is 0 Å². The van der Waals surface area contributed by atoms with Gasteiger partial charge < -0.3 is 0 Å². The first-order valence-corrected chi connectivity index (χ1v) is 4.70. The summed E-state index contributed by atoms with van der Waals surface area (Å²) in [5, 5.41) is 3.29. The normalized spacial score (nSPS) is 10.6. The predicted molar refractivity (Wildman–Crippen MR) is 49.2 cm³/mol. The number of nitrogens with zero attached hydrogens (tertiary/aromatic N) is 1. The fourth-order valence-corrected chi connectivity index (χ4v) is 2.21. The molecule has 0 aliphatic rings. The first-order valence-electron chi connectivity index (χ1n) is 3.29. The van der Waals surface area contributed by atoms with E-state index in [1.165, 1.54) is 10.1 Å². The first-order chi connectivity index (χ1) is 5.42. The second-order valence-corrected chi connectivity index (χ2v) is 3.41. The Kier molecular flexibility index (Phi) is 1.80. The van der Waals surface area contributed by atoms with Gasteiger partial charge in [0, 0.05) is 6.20 Å². The maximum absolute atomic E-state index is 5.71. The highest BCUT2D eigenvalue weighted by Crippen LogP contribution is 2.23. The maximum atomic E-state index is 5.71. The minimum Gasteiger partial charge on any atom is -0.259 e. The first kappa shape index (κ1) is 7.07. The lowest BCUT2D eigenvalue weighted by Crippen LogP contribution is -1.82. The summed E-state index contributed by atoms with van der Waals surface area (Å²) in [7, 11) is 0. The van der Waals surface area contributed by atoms with E-state index in [-0.39, 0.29) is 0 Å². The van der Waals surface area contributed by atoms with Crippen LogP contribution in [0, 0.1) is 0 Å². The van der Waals surface area contributed by atoms with Crippen LogP contribution in [0.2, 0.25) is 0 Å². The summed E-state index contributed by atoms with van der Waals surface area (Å²) in [6.45, 7) is 0. The summed E-state index contributed by atoms with van der Waals surface area (Å²) in [5.74, 6) is 0.498. The average molecular weight is 184 g/mol. The van der Waals surface area contributed by atoms with Crippen LogP contribution in [0.4, 0.5) is 0 Å². The lowest BCUT2D eigenvalue weighted by molar-refractivity contribution is 1.21. The highest BCUT2D eigenvalue weighted by Gasteiger charge is 2.00. The molecule has 0 N–H and O–H groups in total. The monoisotopic (exact) mass is 183 g/mol. The number of alkyl halides is 1. The van der Waals surface area contributed by atoms with E-state index in [2.05, 4.69) is 16.4 Å². The summed E-state index contributed by atoms with van der Waals surface area (Å²) >= 11 is 7.40. The van der Waals surface area contributed by atoms with Crippen LogP contribution in [-0.4, -0.2) is 4.98 Å². The van der Waals surface area contributed by atoms with E-state index < -0.39 is 0 Å². The molecule has 0 saturated carbocycles. The van der Waals surface area contributed by atoms with Crippen LogP contribution >= 0.6 is 22.9 Å². The molecule has 0 radical (unpaired) electrons. The van der Waals surface area contributed by atoms with Gasteiger partial charge in [-0.05, 0) is 22.9 Å². The number of fused-ring (bicyclic) bond motifs is 1. The van der Waals surface area contributed by atoms with Crippen molar-refractivity contribution >= 4 is 33.0 Å². The molecule has 2 aromatic heterocycles. The Morgan fingerprint density at radius 2 is 2.36 bits per heavy atom. The zero-order chi connectivity index (χ0) is 7.68. The van der Waals surface area contributed by atoms with Crippen LogP contribution in [0.5, 0.6) is 0 Å². The van der Waals surface area contributed by atoms with Crippen LogP contribution in [0.25, 0.3) is 10.1 Å². The molecule has 11 heavy (non-hydrogen) atoms. The molecule has 2 heterocycles. The second kappa shape index (κ2) is 2.80. The number of hydrogen-bond donors (Lipinski definition) is 0. The molecule has 2 rings (SSSR count). The Morgan fingerprint density at radius 1 is 1.45 bits per heavy atom. The van der Waals surface area contributed by atoms with Crippen LogP contribution < -0.4 is 0 Å². The van der Waals surface area contributed by atoms with Crippen molar-refractivity contribution in [2.24, 2.45) is 0 Å². The van der Waals surface area contributed by atoms with Crippen molar-refractivity contribution in [2.45, 2.75) is 5.88 Å². The minimum absolute atomic E-state index is 0.498. The second-order valence-electron chi connectivity index (χ2n) is 2.23. The van der Waals surface area contributed by atoms with E-state index in [4.69, 9.17) is 11.6 Å². The molecule has 0 saturated heterocycles. The van der Waals surface area contributed by atoms with Gasteiger partial charge in [0.05, 0.1) is 16.3 Å². The molecule has 2 aromatic rings. The quantitative estimate of drug-likeness (QED) is 0.620. The van der Waals surface area contributed by atoms with Gasteiger partial charge >= 0.3 is 0 Å². The molecule has 0 amide bonds. The third kappa shape index (κ3) is 1.12. The van der Waals surface area contributed by atoms with Gasteiger partial charge in [-0.3, -0.25) is 4.98 Å². The molecule has 0 atom stereocenters. The highest BCUT2D eigenvalue weighted by molar-refractivity contribution is 7.17. The molecule has 0 fully saturated rings. The van der Waals surface area contributed by atoms with E-state index in [0.717, 1.165) is 5.69 Å². The molecule has 56 valence electrons. The van der Waals surface area contributed by atoms with Crippen molar-refractivity contribution < 1.29 is 0 Å². The molecule has 1 nitrogen and oxygen atoms in total. The van der Waals surface area contributed by atoms with Gasteiger partial charge in [0.1, 0.15) is 0 Å². The molecule has 0 spiro atoms. The Hall–Kier alpha value is -0.600. The average Bonchev–Trinajstić information content (AvgIpc) is 2.50. The van der Waals surface area contributed by atoms with Crippen molar-refractivity contribution in [3.8, 4) is 0 Å². The van der Waals surface area contributed by atoms with Crippen molar-refractivity contribution in [3.05, 3.63) is 29.4 Å².